The van der Waals surface area contributed by atoms with Crippen molar-refractivity contribution in [3.8, 4) is 0 Å². The van der Waals surface area contributed by atoms with E-state index >= 15 is 0 Å². The third-order valence-electron chi connectivity index (χ3n) is 4.14. The fraction of sp³-hybridized carbons (Fsp3) is 0.750. The quantitative estimate of drug-likeness (QED) is 0.410. The Morgan fingerprint density at radius 1 is 1.28 bits per heavy atom. The van der Waals surface area contributed by atoms with E-state index in [0.29, 0.717) is 12.0 Å². The molecule has 25 heavy (non-hydrogen) atoms. The smallest absolute Gasteiger partial charge is 0.330 e. The van der Waals surface area contributed by atoms with Crippen molar-refractivity contribution in [3.05, 3.63) is 32.6 Å². The van der Waals surface area contributed by atoms with Crippen molar-refractivity contribution in [3.63, 3.8) is 0 Å². The molecule has 2 rings (SSSR count). The zero-order valence-corrected chi connectivity index (χ0v) is 16.0. The third-order valence-corrected chi connectivity index (χ3v) is 7.13. The van der Waals surface area contributed by atoms with Gasteiger partial charge < -0.3 is 14.9 Å². The molecule has 1 aromatic rings. The molecule has 2 heterocycles. The highest BCUT2D eigenvalue weighted by Gasteiger charge is 2.36. The second-order valence-corrected chi connectivity index (χ2v) is 8.85. The molecule has 7 nitrogen and oxygen atoms in total. The van der Waals surface area contributed by atoms with Crippen LogP contribution in [0.1, 0.15) is 43.9 Å². The third kappa shape index (κ3) is 5.89. The standard InChI is InChI=1S/C16H26N2O5S2/c1-11-9-18(16(22)17-15(11)21)14-8-13(12(10-20)23-14)25-24-7-5-3-2-4-6-19/h9,12-14,19-20H,2-8,10H2,1H3,(H,17,21,22)/t12-,13-,14-/m1/s1. The van der Waals surface area contributed by atoms with Crippen molar-refractivity contribution in [1.29, 1.82) is 0 Å². The van der Waals surface area contributed by atoms with Gasteiger partial charge in [-0.05, 0) is 19.8 Å². The molecule has 1 aromatic heterocycles. The molecule has 142 valence electrons. The van der Waals surface area contributed by atoms with Crippen LogP contribution in [-0.4, -0.2) is 50.1 Å². The van der Waals surface area contributed by atoms with Crippen LogP contribution in [-0.2, 0) is 4.74 Å². The molecule has 1 saturated heterocycles. The zero-order chi connectivity index (χ0) is 18.2. The number of nitrogens with zero attached hydrogens (tertiary/aromatic N) is 1. The fourth-order valence-electron chi connectivity index (χ4n) is 2.70. The summed E-state index contributed by atoms with van der Waals surface area (Å²) in [6.45, 7) is 1.80. The summed E-state index contributed by atoms with van der Waals surface area (Å²) in [6.07, 6.45) is 5.43. The van der Waals surface area contributed by atoms with E-state index in [-0.39, 0.29) is 30.1 Å². The molecular weight excluding hydrogens is 364 g/mol. The van der Waals surface area contributed by atoms with Gasteiger partial charge in [-0.1, -0.05) is 34.4 Å². The summed E-state index contributed by atoms with van der Waals surface area (Å²) >= 11 is 0. The lowest BCUT2D eigenvalue weighted by atomic mass is 10.2. The molecule has 9 heteroatoms. The number of nitrogens with one attached hydrogen (secondary N) is 1. The molecule has 1 aliphatic heterocycles. The summed E-state index contributed by atoms with van der Waals surface area (Å²) in [5.41, 5.74) is -0.419. The summed E-state index contributed by atoms with van der Waals surface area (Å²) in [6, 6.07) is 0. The lowest BCUT2D eigenvalue weighted by molar-refractivity contribution is -0.0238. The maximum Gasteiger partial charge on any atom is 0.330 e. The molecule has 0 saturated carbocycles. The van der Waals surface area contributed by atoms with E-state index in [9.17, 15) is 14.7 Å². The number of ether oxygens (including phenoxy) is 1. The number of rotatable bonds is 10. The molecular formula is C16H26N2O5S2. The SMILES string of the molecule is Cc1cn([C@H]2C[C@@H](SSCCCCCCO)[C@@H](CO)O2)c(=O)[nH]c1=O. The molecule has 3 N–H and O–H groups in total. The average Bonchev–Trinajstić information content (AvgIpc) is 3.00. The molecule has 0 unspecified atom stereocenters. The zero-order valence-electron chi connectivity index (χ0n) is 14.3. The highest BCUT2D eigenvalue weighted by Crippen LogP contribution is 2.41. The molecule has 0 aliphatic carbocycles. The second-order valence-electron chi connectivity index (χ2n) is 6.12. The van der Waals surface area contributed by atoms with Crippen molar-refractivity contribution in [2.24, 2.45) is 0 Å². The second kappa shape index (κ2) is 10.4. The monoisotopic (exact) mass is 390 g/mol. The van der Waals surface area contributed by atoms with E-state index in [1.54, 1.807) is 28.5 Å². The molecule has 3 atom stereocenters. The number of H-pyrrole nitrogens is 1. The number of aliphatic hydroxyl groups excluding tert-OH is 2. The number of aromatic nitrogens is 2. The Bertz CT molecular complexity index is 648. The van der Waals surface area contributed by atoms with Gasteiger partial charge in [0.15, 0.2) is 0 Å². The molecule has 0 amide bonds. The molecule has 1 fully saturated rings. The number of unbranched alkanes of at least 4 members (excludes halogenated alkanes) is 3. The van der Waals surface area contributed by atoms with E-state index in [2.05, 4.69) is 4.98 Å². The molecule has 0 spiro atoms. The van der Waals surface area contributed by atoms with Gasteiger partial charge in [0.25, 0.3) is 5.56 Å². The van der Waals surface area contributed by atoms with Gasteiger partial charge in [-0.3, -0.25) is 14.3 Å². The van der Waals surface area contributed by atoms with Crippen molar-refractivity contribution in [1.82, 2.24) is 9.55 Å². The first-order valence-electron chi connectivity index (χ1n) is 8.54. The van der Waals surface area contributed by atoms with E-state index in [0.717, 1.165) is 31.4 Å². The van der Waals surface area contributed by atoms with Gasteiger partial charge >= 0.3 is 5.69 Å². The van der Waals surface area contributed by atoms with Crippen molar-refractivity contribution >= 4 is 21.6 Å². The minimum Gasteiger partial charge on any atom is -0.396 e. The minimum atomic E-state index is -0.487. The largest absolute Gasteiger partial charge is 0.396 e. The van der Waals surface area contributed by atoms with Gasteiger partial charge in [0, 0.05) is 35.8 Å². The number of hydrogen-bond acceptors (Lipinski definition) is 7. The van der Waals surface area contributed by atoms with E-state index in [1.807, 2.05) is 0 Å². The fourth-order valence-corrected chi connectivity index (χ4v) is 5.58. The summed E-state index contributed by atoms with van der Waals surface area (Å²) in [7, 11) is 3.44. The maximum atomic E-state index is 12.0. The minimum absolute atomic E-state index is 0.0941. The van der Waals surface area contributed by atoms with Gasteiger partial charge in [0.1, 0.15) is 6.23 Å². The number of hydrogen-bond donors (Lipinski definition) is 3. The van der Waals surface area contributed by atoms with Gasteiger partial charge in [0.05, 0.1) is 12.7 Å². The Morgan fingerprint density at radius 2 is 2.04 bits per heavy atom. The van der Waals surface area contributed by atoms with Gasteiger partial charge in [-0.15, -0.1) is 0 Å². The van der Waals surface area contributed by atoms with Crippen LogP contribution in [0.5, 0.6) is 0 Å². The van der Waals surface area contributed by atoms with Crippen LogP contribution in [0.2, 0.25) is 0 Å². The maximum absolute atomic E-state index is 12.0. The summed E-state index contributed by atoms with van der Waals surface area (Å²) in [5, 5.41) is 18.4. The Hall–Kier alpha value is -0.740. The Balaban J connectivity index is 1.86. The summed E-state index contributed by atoms with van der Waals surface area (Å²) in [4.78, 5) is 25.8. The van der Waals surface area contributed by atoms with Crippen LogP contribution in [0.4, 0.5) is 0 Å². The van der Waals surface area contributed by atoms with E-state index < -0.39 is 11.9 Å². The molecule has 1 aliphatic rings. The Morgan fingerprint density at radius 3 is 2.76 bits per heavy atom. The van der Waals surface area contributed by atoms with Crippen molar-refractivity contribution in [2.75, 3.05) is 19.0 Å². The summed E-state index contributed by atoms with van der Waals surface area (Å²) in [5.74, 6) is 1.01. The highest BCUT2D eigenvalue weighted by molar-refractivity contribution is 8.76. The first kappa shape index (κ1) is 20.6. The van der Waals surface area contributed by atoms with E-state index in [1.165, 1.54) is 10.8 Å². The first-order valence-corrected chi connectivity index (χ1v) is 10.9. The number of aliphatic hydroxyl groups is 2. The van der Waals surface area contributed by atoms with Crippen LogP contribution in [0.25, 0.3) is 0 Å². The molecule has 0 radical (unpaired) electrons. The van der Waals surface area contributed by atoms with Crippen molar-refractivity contribution in [2.45, 2.75) is 56.6 Å². The van der Waals surface area contributed by atoms with Crippen LogP contribution in [0.3, 0.4) is 0 Å². The first-order chi connectivity index (χ1) is 12.1. The lowest BCUT2D eigenvalue weighted by Gasteiger charge is -2.15. The Kier molecular flexibility index (Phi) is 8.57. The number of aromatic amines is 1. The Labute approximate surface area is 154 Å². The molecule has 0 aromatic carbocycles. The lowest BCUT2D eigenvalue weighted by Crippen LogP contribution is -2.33. The topological polar surface area (TPSA) is 105 Å². The van der Waals surface area contributed by atoms with Gasteiger partial charge in [0.2, 0.25) is 0 Å². The van der Waals surface area contributed by atoms with Crippen LogP contribution in [0.15, 0.2) is 15.8 Å². The van der Waals surface area contributed by atoms with Crippen LogP contribution >= 0.6 is 21.6 Å². The highest BCUT2D eigenvalue weighted by atomic mass is 33.1. The van der Waals surface area contributed by atoms with Gasteiger partial charge in [-0.2, -0.15) is 0 Å². The predicted molar refractivity (Wildman–Crippen MR) is 101 cm³/mol. The van der Waals surface area contributed by atoms with Crippen LogP contribution in [0, 0.1) is 6.92 Å². The van der Waals surface area contributed by atoms with Crippen LogP contribution < -0.4 is 11.2 Å². The predicted octanol–water partition coefficient (Wildman–Crippen LogP) is 1.43. The normalized spacial score (nSPS) is 23.2. The van der Waals surface area contributed by atoms with Gasteiger partial charge in [-0.25, -0.2) is 4.79 Å². The van der Waals surface area contributed by atoms with E-state index in [4.69, 9.17) is 9.84 Å². The number of aryl methyl sites for hydroxylation is 1. The van der Waals surface area contributed by atoms with Crippen molar-refractivity contribution < 1.29 is 14.9 Å². The molecule has 0 bridgehead atoms. The summed E-state index contributed by atoms with van der Waals surface area (Å²) < 4.78 is 7.23. The average molecular weight is 391 g/mol.